The molecule has 0 saturated carbocycles. The van der Waals surface area contributed by atoms with Crippen LogP contribution in [0.15, 0.2) is 24.3 Å². The molecule has 0 fully saturated rings. The van der Waals surface area contributed by atoms with Gasteiger partial charge in [0.05, 0.1) is 0 Å². The zero-order valence-corrected chi connectivity index (χ0v) is 10.9. The van der Waals surface area contributed by atoms with Gasteiger partial charge in [0, 0.05) is 11.8 Å². The fourth-order valence-corrected chi connectivity index (χ4v) is 1.66. The summed E-state index contributed by atoms with van der Waals surface area (Å²) in [6.45, 7) is 4.08. The lowest BCUT2D eigenvalue weighted by Gasteiger charge is -2.12. The Kier molecular flexibility index (Phi) is 3.79. The van der Waals surface area contributed by atoms with Gasteiger partial charge < -0.3 is 16.2 Å². The van der Waals surface area contributed by atoms with E-state index < -0.39 is 0 Å². The summed E-state index contributed by atoms with van der Waals surface area (Å²) < 4.78 is 0. The summed E-state index contributed by atoms with van der Waals surface area (Å²) in [6, 6.07) is 7.59. The Labute approximate surface area is 111 Å². The quantitative estimate of drug-likeness (QED) is 0.416. The van der Waals surface area contributed by atoms with Crippen molar-refractivity contribution in [2.75, 3.05) is 16.2 Å². The van der Waals surface area contributed by atoms with E-state index >= 15 is 0 Å². The van der Waals surface area contributed by atoms with Crippen molar-refractivity contribution in [3.63, 3.8) is 0 Å². The summed E-state index contributed by atoms with van der Waals surface area (Å²) in [5.74, 6) is 12.1. The normalized spacial score (nSPS) is 10.1. The van der Waals surface area contributed by atoms with Crippen LogP contribution in [-0.2, 0) is 0 Å². The van der Waals surface area contributed by atoms with E-state index in [0.717, 1.165) is 11.3 Å². The van der Waals surface area contributed by atoms with Crippen LogP contribution in [-0.4, -0.2) is 9.97 Å². The minimum atomic E-state index is 0.414. The fraction of sp³-hybridized carbons (Fsp3) is 0.167. The van der Waals surface area contributed by atoms with Crippen molar-refractivity contribution in [3.8, 4) is 0 Å². The van der Waals surface area contributed by atoms with Crippen LogP contribution in [0, 0.1) is 13.8 Å². The van der Waals surface area contributed by atoms with Crippen LogP contribution in [0.2, 0.25) is 0 Å². The predicted molar refractivity (Wildman–Crippen MR) is 76.9 cm³/mol. The number of benzene rings is 1. The molecule has 100 valence electrons. The molecule has 1 aromatic carbocycles. The maximum absolute atomic E-state index is 5.35. The molecule has 19 heavy (non-hydrogen) atoms. The Hall–Kier alpha value is -2.38. The first-order valence-corrected chi connectivity index (χ1v) is 5.79. The molecule has 1 aromatic heterocycles. The largest absolute Gasteiger partial charge is 0.324 e. The molecule has 0 amide bonds. The van der Waals surface area contributed by atoms with Crippen LogP contribution in [0.5, 0.6) is 0 Å². The molecule has 0 saturated heterocycles. The van der Waals surface area contributed by atoms with Gasteiger partial charge >= 0.3 is 0 Å². The molecule has 0 aliphatic rings. The van der Waals surface area contributed by atoms with Crippen molar-refractivity contribution >= 4 is 23.3 Å². The Morgan fingerprint density at radius 3 is 2.21 bits per heavy atom. The molecule has 7 N–H and O–H groups in total. The molecule has 0 aliphatic carbocycles. The molecule has 0 atom stereocenters. The summed E-state index contributed by atoms with van der Waals surface area (Å²) in [6.07, 6.45) is 0. The van der Waals surface area contributed by atoms with Gasteiger partial charge in [0.1, 0.15) is 11.6 Å². The van der Waals surface area contributed by atoms with Crippen LogP contribution in [0.1, 0.15) is 11.1 Å². The van der Waals surface area contributed by atoms with Crippen molar-refractivity contribution in [3.05, 3.63) is 35.4 Å². The molecule has 7 heteroatoms. The molecular formula is C12H17N7. The van der Waals surface area contributed by atoms with E-state index in [2.05, 4.69) is 26.1 Å². The number of hydrazine groups is 2. The second-order valence-electron chi connectivity index (χ2n) is 4.12. The first-order valence-electron chi connectivity index (χ1n) is 5.79. The lowest BCUT2D eigenvalue weighted by atomic mass is 10.1. The highest BCUT2D eigenvalue weighted by molar-refractivity contribution is 5.62. The van der Waals surface area contributed by atoms with Crippen molar-refractivity contribution < 1.29 is 0 Å². The maximum Gasteiger partial charge on any atom is 0.231 e. The molecule has 0 spiro atoms. The number of aromatic nitrogens is 2. The summed E-state index contributed by atoms with van der Waals surface area (Å²) in [4.78, 5) is 8.42. The smallest absolute Gasteiger partial charge is 0.231 e. The van der Waals surface area contributed by atoms with E-state index in [1.165, 1.54) is 5.56 Å². The highest BCUT2D eigenvalue weighted by Crippen LogP contribution is 2.22. The molecule has 2 rings (SSSR count). The van der Waals surface area contributed by atoms with E-state index in [9.17, 15) is 0 Å². The molecule has 1 heterocycles. The molecule has 0 unspecified atom stereocenters. The van der Waals surface area contributed by atoms with Gasteiger partial charge in [-0.3, -0.25) is 0 Å². The average molecular weight is 259 g/mol. The van der Waals surface area contributed by atoms with Crippen LogP contribution in [0.25, 0.3) is 0 Å². The van der Waals surface area contributed by atoms with Crippen molar-refractivity contribution in [1.82, 2.24) is 9.97 Å². The highest BCUT2D eigenvalue weighted by atomic mass is 15.3. The molecule has 0 radical (unpaired) electrons. The fourth-order valence-electron chi connectivity index (χ4n) is 1.66. The van der Waals surface area contributed by atoms with Gasteiger partial charge in [0.25, 0.3) is 0 Å². The third kappa shape index (κ3) is 2.90. The highest BCUT2D eigenvalue weighted by Gasteiger charge is 2.06. The molecule has 0 bridgehead atoms. The topological polar surface area (TPSA) is 114 Å². The standard InChI is InChI=1S/C12H17N7/c1-7-4-3-5-9(8(7)2)15-12-16-10(18-13)6-11(17-12)19-14/h3-6H,13-14H2,1-2H3,(H3,15,16,17,18,19). The molecule has 0 aliphatic heterocycles. The van der Waals surface area contributed by atoms with E-state index in [1.54, 1.807) is 6.07 Å². The van der Waals surface area contributed by atoms with Crippen LogP contribution < -0.4 is 27.9 Å². The third-order valence-corrected chi connectivity index (χ3v) is 2.87. The molecular weight excluding hydrogens is 242 g/mol. The molecule has 7 nitrogen and oxygen atoms in total. The van der Waals surface area contributed by atoms with Gasteiger partial charge in [0.15, 0.2) is 0 Å². The van der Waals surface area contributed by atoms with Gasteiger partial charge in [-0.25, -0.2) is 11.7 Å². The number of nitrogens with one attached hydrogen (secondary N) is 3. The average Bonchev–Trinajstić information content (AvgIpc) is 2.43. The number of hydrogen-bond acceptors (Lipinski definition) is 7. The van der Waals surface area contributed by atoms with Gasteiger partial charge in [0.2, 0.25) is 5.95 Å². The van der Waals surface area contributed by atoms with Crippen molar-refractivity contribution in [2.45, 2.75) is 13.8 Å². The third-order valence-electron chi connectivity index (χ3n) is 2.87. The summed E-state index contributed by atoms with van der Waals surface area (Å²) in [5, 5.41) is 3.15. The van der Waals surface area contributed by atoms with E-state index in [0.29, 0.717) is 17.6 Å². The Morgan fingerprint density at radius 2 is 1.63 bits per heavy atom. The Balaban J connectivity index is 2.34. The summed E-state index contributed by atoms with van der Waals surface area (Å²) in [7, 11) is 0. The van der Waals surface area contributed by atoms with Gasteiger partial charge in [-0.1, -0.05) is 12.1 Å². The Morgan fingerprint density at radius 1 is 1.00 bits per heavy atom. The number of nitrogens with zero attached hydrogens (tertiary/aromatic N) is 2. The number of nitrogen functional groups attached to an aromatic ring is 2. The minimum absolute atomic E-state index is 0.414. The van der Waals surface area contributed by atoms with E-state index in [1.807, 2.05) is 32.0 Å². The first kappa shape index (κ1) is 13.1. The van der Waals surface area contributed by atoms with Gasteiger partial charge in [-0.05, 0) is 31.0 Å². The van der Waals surface area contributed by atoms with Gasteiger partial charge in [-0.2, -0.15) is 9.97 Å². The van der Waals surface area contributed by atoms with E-state index in [4.69, 9.17) is 11.7 Å². The zero-order valence-electron chi connectivity index (χ0n) is 10.9. The van der Waals surface area contributed by atoms with Crippen LogP contribution in [0.4, 0.5) is 23.3 Å². The zero-order chi connectivity index (χ0) is 13.8. The maximum atomic E-state index is 5.35. The number of rotatable bonds is 4. The lowest BCUT2D eigenvalue weighted by molar-refractivity contribution is 1.12. The van der Waals surface area contributed by atoms with Crippen molar-refractivity contribution in [1.29, 1.82) is 0 Å². The SMILES string of the molecule is Cc1cccc(Nc2nc(NN)cc(NN)n2)c1C. The van der Waals surface area contributed by atoms with Crippen molar-refractivity contribution in [2.24, 2.45) is 11.7 Å². The number of aryl methyl sites for hydroxylation is 1. The predicted octanol–water partition coefficient (Wildman–Crippen LogP) is 1.41. The summed E-state index contributed by atoms with van der Waals surface area (Å²) >= 11 is 0. The second kappa shape index (κ2) is 5.51. The van der Waals surface area contributed by atoms with Crippen LogP contribution in [0.3, 0.4) is 0 Å². The minimum Gasteiger partial charge on any atom is -0.324 e. The second-order valence-corrected chi connectivity index (χ2v) is 4.12. The lowest BCUT2D eigenvalue weighted by Crippen LogP contribution is -2.14. The summed E-state index contributed by atoms with van der Waals surface area (Å²) in [5.41, 5.74) is 8.20. The monoisotopic (exact) mass is 259 g/mol. The first-order chi connectivity index (χ1) is 9.13. The van der Waals surface area contributed by atoms with E-state index in [-0.39, 0.29) is 0 Å². The number of anilines is 4. The Bertz CT molecular complexity index is 560. The molecule has 2 aromatic rings. The van der Waals surface area contributed by atoms with Gasteiger partial charge in [-0.15, -0.1) is 0 Å². The number of hydrogen-bond donors (Lipinski definition) is 5. The van der Waals surface area contributed by atoms with Crippen LogP contribution >= 0.6 is 0 Å². The number of nitrogens with two attached hydrogens (primary N) is 2.